The molecule has 0 aromatic heterocycles. The molecule has 9 heteroatoms. The second kappa shape index (κ2) is 10.2. The Bertz CT molecular complexity index is 920. The number of benzene rings is 1. The number of amides is 3. The molecule has 2 aliphatic rings. The Labute approximate surface area is 195 Å². The maximum atomic E-state index is 12.8. The summed E-state index contributed by atoms with van der Waals surface area (Å²) in [6, 6.07) is 6.71. The molecule has 1 atom stereocenters. The summed E-state index contributed by atoms with van der Waals surface area (Å²) in [5.41, 5.74) is 2.24. The Hall–Kier alpha value is -3.07. The molecule has 2 N–H and O–H groups in total. The standard InChI is InChI=1S/C24H34N4O5/c1-16-7-9-17(10-8-16)20-19(21(29)32-5)18(25-22(30)26-20)15-27-11-6-12-28(14-13-27)23(31)33-24(2,3)4/h7-10,20H,6,11-15H2,1-5H3,(H2,25,26,30)/t20-/m1/s1. The minimum absolute atomic E-state index is 0.326. The number of hydrogen-bond acceptors (Lipinski definition) is 6. The second-order valence-corrected chi connectivity index (χ2v) is 9.42. The van der Waals surface area contributed by atoms with Gasteiger partial charge >= 0.3 is 18.1 Å². The first-order chi connectivity index (χ1) is 15.6. The van der Waals surface area contributed by atoms with E-state index in [1.165, 1.54) is 7.11 Å². The third kappa shape index (κ3) is 6.47. The van der Waals surface area contributed by atoms with E-state index in [9.17, 15) is 14.4 Å². The van der Waals surface area contributed by atoms with E-state index >= 15 is 0 Å². The maximum absolute atomic E-state index is 12.8. The Morgan fingerprint density at radius 1 is 1.09 bits per heavy atom. The summed E-state index contributed by atoms with van der Waals surface area (Å²) in [5, 5.41) is 5.65. The van der Waals surface area contributed by atoms with Crippen molar-refractivity contribution in [3.8, 4) is 0 Å². The normalized spacial score (nSPS) is 20.0. The highest BCUT2D eigenvalue weighted by molar-refractivity contribution is 5.95. The van der Waals surface area contributed by atoms with Crippen LogP contribution in [0, 0.1) is 6.92 Å². The lowest BCUT2D eigenvalue weighted by Crippen LogP contribution is -2.48. The van der Waals surface area contributed by atoms with Crippen molar-refractivity contribution in [2.75, 3.05) is 39.8 Å². The molecule has 1 fully saturated rings. The highest BCUT2D eigenvalue weighted by atomic mass is 16.6. The largest absolute Gasteiger partial charge is 0.466 e. The molecule has 0 aliphatic carbocycles. The van der Waals surface area contributed by atoms with Gasteiger partial charge in [0.25, 0.3) is 0 Å². The highest BCUT2D eigenvalue weighted by Gasteiger charge is 2.34. The van der Waals surface area contributed by atoms with Gasteiger partial charge in [-0.05, 0) is 39.7 Å². The fraction of sp³-hybridized carbons (Fsp3) is 0.542. The topological polar surface area (TPSA) is 100 Å². The van der Waals surface area contributed by atoms with Crippen molar-refractivity contribution in [1.29, 1.82) is 0 Å². The van der Waals surface area contributed by atoms with Gasteiger partial charge in [0.2, 0.25) is 0 Å². The summed E-state index contributed by atoms with van der Waals surface area (Å²) >= 11 is 0. The van der Waals surface area contributed by atoms with Gasteiger partial charge in [-0.25, -0.2) is 14.4 Å². The summed E-state index contributed by atoms with van der Waals surface area (Å²) < 4.78 is 10.6. The Morgan fingerprint density at radius 3 is 2.42 bits per heavy atom. The van der Waals surface area contributed by atoms with Gasteiger partial charge in [0.1, 0.15) is 5.60 Å². The van der Waals surface area contributed by atoms with Crippen molar-refractivity contribution in [2.24, 2.45) is 0 Å². The number of carbonyl (C=O) groups is 3. The average Bonchev–Trinajstić information content (AvgIpc) is 2.98. The number of rotatable bonds is 4. The minimum Gasteiger partial charge on any atom is -0.466 e. The number of nitrogens with one attached hydrogen (secondary N) is 2. The predicted octanol–water partition coefficient (Wildman–Crippen LogP) is 2.72. The first kappa shape index (κ1) is 24.6. The van der Waals surface area contributed by atoms with E-state index in [0.29, 0.717) is 37.4 Å². The van der Waals surface area contributed by atoms with Crippen LogP contribution in [0.5, 0.6) is 0 Å². The van der Waals surface area contributed by atoms with Crippen LogP contribution in [0.4, 0.5) is 9.59 Å². The van der Waals surface area contributed by atoms with Crippen LogP contribution >= 0.6 is 0 Å². The smallest absolute Gasteiger partial charge is 0.410 e. The lowest BCUT2D eigenvalue weighted by atomic mass is 9.94. The number of nitrogens with zero attached hydrogens (tertiary/aromatic N) is 2. The lowest BCUT2D eigenvalue weighted by Gasteiger charge is -2.31. The van der Waals surface area contributed by atoms with E-state index in [-0.39, 0.29) is 12.1 Å². The molecule has 9 nitrogen and oxygen atoms in total. The Balaban J connectivity index is 1.80. The molecule has 0 radical (unpaired) electrons. The van der Waals surface area contributed by atoms with Crippen LogP contribution in [-0.4, -0.2) is 73.3 Å². The van der Waals surface area contributed by atoms with E-state index in [1.54, 1.807) is 4.90 Å². The summed E-state index contributed by atoms with van der Waals surface area (Å²) in [7, 11) is 1.33. The molecule has 2 heterocycles. The van der Waals surface area contributed by atoms with Crippen molar-refractivity contribution < 1.29 is 23.9 Å². The van der Waals surface area contributed by atoms with Crippen LogP contribution in [-0.2, 0) is 14.3 Å². The third-order valence-electron chi connectivity index (χ3n) is 5.59. The number of esters is 1. The van der Waals surface area contributed by atoms with Gasteiger partial charge in [0, 0.05) is 38.4 Å². The molecule has 0 spiro atoms. The molecule has 0 unspecified atom stereocenters. The highest BCUT2D eigenvalue weighted by Crippen LogP contribution is 2.28. The fourth-order valence-electron chi connectivity index (χ4n) is 3.96. The van der Waals surface area contributed by atoms with Crippen molar-refractivity contribution in [1.82, 2.24) is 20.4 Å². The number of urea groups is 1. The van der Waals surface area contributed by atoms with Crippen molar-refractivity contribution in [3.63, 3.8) is 0 Å². The van der Waals surface area contributed by atoms with E-state index in [0.717, 1.165) is 24.1 Å². The molecular weight excluding hydrogens is 424 g/mol. The van der Waals surface area contributed by atoms with Crippen LogP contribution in [0.15, 0.2) is 35.5 Å². The Kier molecular flexibility index (Phi) is 7.63. The van der Waals surface area contributed by atoms with Gasteiger partial charge < -0.3 is 25.0 Å². The zero-order valence-corrected chi connectivity index (χ0v) is 20.1. The fourth-order valence-corrected chi connectivity index (χ4v) is 3.96. The molecule has 180 valence electrons. The average molecular weight is 459 g/mol. The van der Waals surface area contributed by atoms with Crippen LogP contribution in [0.3, 0.4) is 0 Å². The zero-order chi connectivity index (χ0) is 24.2. The second-order valence-electron chi connectivity index (χ2n) is 9.42. The molecule has 3 amide bonds. The third-order valence-corrected chi connectivity index (χ3v) is 5.59. The summed E-state index contributed by atoms with van der Waals surface area (Å²) in [6.45, 7) is 10.3. The molecule has 1 aromatic rings. The maximum Gasteiger partial charge on any atom is 0.410 e. The van der Waals surface area contributed by atoms with Crippen LogP contribution in [0.2, 0.25) is 0 Å². The van der Waals surface area contributed by atoms with Crippen LogP contribution < -0.4 is 10.6 Å². The minimum atomic E-state index is -0.605. The number of ether oxygens (including phenoxy) is 2. The number of hydrogen-bond donors (Lipinski definition) is 2. The monoisotopic (exact) mass is 458 g/mol. The summed E-state index contributed by atoms with van der Waals surface area (Å²) in [6.07, 6.45) is 0.432. The molecule has 1 aromatic carbocycles. The van der Waals surface area contributed by atoms with E-state index in [2.05, 4.69) is 15.5 Å². The quantitative estimate of drug-likeness (QED) is 0.673. The zero-order valence-electron chi connectivity index (χ0n) is 20.1. The molecule has 3 rings (SSSR count). The SMILES string of the molecule is COC(=O)C1=C(CN2CCCN(C(=O)OC(C)(C)C)CC2)NC(=O)N[C@@H]1c1ccc(C)cc1. The van der Waals surface area contributed by atoms with Crippen molar-refractivity contribution >= 4 is 18.1 Å². The lowest BCUT2D eigenvalue weighted by molar-refractivity contribution is -0.136. The summed E-state index contributed by atoms with van der Waals surface area (Å²) in [5.74, 6) is -0.492. The molecular formula is C24H34N4O5. The van der Waals surface area contributed by atoms with Crippen LogP contribution in [0.1, 0.15) is 44.4 Å². The number of methoxy groups -OCH3 is 1. The van der Waals surface area contributed by atoms with Gasteiger partial charge in [-0.15, -0.1) is 0 Å². The van der Waals surface area contributed by atoms with Gasteiger partial charge in [-0.1, -0.05) is 29.8 Å². The van der Waals surface area contributed by atoms with Gasteiger partial charge in [0.05, 0.1) is 18.7 Å². The van der Waals surface area contributed by atoms with Gasteiger partial charge in [0.15, 0.2) is 0 Å². The van der Waals surface area contributed by atoms with Crippen LogP contribution in [0.25, 0.3) is 0 Å². The van der Waals surface area contributed by atoms with Gasteiger partial charge in [-0.2, -0.15) is 0 Å². The molecule has 33 heavy (non-hydrogen) atoms. The molecule has 0 bridgehead atoms. The van der Waals surface area contributed by atoms with E-state index < -0.39 is 17.6 Å². The van der Waals surface area contributed by atoms with E-state index in [1.807, 2.05) is 52.0 Å². The number of aryl methyl sites for hydroxylation is 1. The first-order valence-electron chi connectivity index (χ1n) is 11.2. The molecule has 1 saturated heterocycles. The van der Waals surface area contributed by atoms with Crippen molar-refractivity contribution in [3.05, 3.63) is 46.7 Å². The van der Waals surface area contributed by atoms with E-state index in [4.69, 9.17) is 9.47 Å². The number of carbonyl (C=O) groups excluding carboxylic acids is 3. The first-order valence-corrected chi connectivity index (χ1v) is 11.2. The Morgan fingerprint density at radius 2 is 1.79 bits per heavy atom. The van der Waals surface area contributed by atoms with Gasteiger partial charge in [-0.3, -0.25) is 4.90 Å². The predicted molar refractivity (Wildman–Crippen MR) is 123 cm³/mol. The summed E-state index contributed by atoms with van der Waals surface area (Å²) in [4.78, 5) is 41.5. The molecule has 2 aliphatic heterocycles. The van der Waals surface area contributed by atoms with Crippen molar-refractivity contribution in [2.45, 2.75) is 45.8 Å². The molecule has 0 saturated carbocycles.